The molecule has 2 aromatic heterocycles. The number of hydrogen-bond acceptors (Lipinski definition) is 4. The highest BCUT2D eigenvalue weighted by Crippen LogP contribution is 2.26. The molecule has 0 spiro atoms. The lowest BCUT2D eigenvalue weighted by Crippen LogP contribution is -2.36. The van der Waals surface area contributed by atoms with Gasteiger partial charge in [-0.05, 0) is 56.9 Å². The van der Waals surface area contributed by atoms with E-state index in [0.29, 0.717) is 11.9 Å². The Bertz CT molecular complexity index is 1450. The fraction of sp³-hybridized carbons (Fsp3) is 0.345. The van der Waals surface area contributed by atoms with Gasteiger partial charge in [0, 0.05) is 43.0 Å². The maximum absolute atomic E-state index is 13.3. The third-order valence-electron chi connectivity index (χ3n) is 7.38. The van der Waals surface area contributed by atoms with Crippen LogP contribution < -0.4 is 10.9 Å². The first-order valence-corrected chi connectivity index (χ1v) is 12.7. The summed E-state index contributed by atoms with van der Waals surface area (Å²) in [5.41, 5.74) is 5.07. The molecule has 1 aliphatic heterocycles. The van der Waals surface area contributed by atoms with Gasteiger partial charge in [0.1, 0.15) is 6.04 Å². The molecule has 186 valence electrons. The predicted molar refractivity (Wildman–Crippen MR) is 143 cm³/mol. The number of fused-ring (bicyclic) bond motifs is 2. The number of nitrogens with one attached hydrogen (secondary N) is 1. The first kappa shape index (κ1) is 24.0. The normalized spacial score (nSPS) is 14.5. The van der Waals surface area contributed by atoms with E-state index in [0.717, 1.165) is 54.9 Å². The van der Waals surface area contributed by atoms with Crippen LogP contribution in [0.4, 0.5) is 0 Å². The Morgan fingerprint density at radius 3 is 2.53 bits per heavy atom. The second kappa shape index (κ2) is 10.1. The monoisotopic (exact) mass is 483 g/mol. The van der Waals surface area contributed by atoms with Gasteiger partial charge in [-0.2, -0.15) is 9.78 Å². The van der Waals surface area contributed by atoms with Crippen LogP contribution in [0.1, 0.15) is 41.9 Å². The maximum atomic E-state index is 13.3. The summed E-state index contributed by atoms with van der Waals surface area (Å²) in [7, 11) is 0. The van der Waals surface area contributed by atoms with E-state index >= 15 is 0 Å². The van der Waals surface area contributed by atoms with Crippen LogP contribution in [0.5, 0.6) is 0 Å². The van der Waals surface area contributed by atoms with E-state index in [2.05, 4.69) is 39.6 Å². The summed E-state index contributed by atoms with van der Waals surface area (Å²) in [6.07, 6.45) is 3.71. The molecule has 0 radical (unpaired) electrons. The average Bonchev–Trinajstić information content (AvgIpc) is 3.16. The predicted octanol–water partition coefficient (Wildman–Crippen LogP) is 3.93. The standard InChI is InChI=1S/C29H33N5O2/c1-20-26-18-31-34(25-12-5-4-6-13-25)29(36)27(26)21(2)33(20)22(3)28(35)30-15-9-16-32-17-14-23-10-7-8-11-24(23)19-32/h4-8,10-13,18,22H,9,14-17,19H2,1-3H3,(H,30,35). The van der Waals surface area contributed by atoms with Crippen molar-refractivity contribution in [2.24, 2.45) is 0 Å². The van der Waals surface area contributed by atoms with Gasteiger partial charge in [-0.3, -0.25) is 14.5 Å². The zero-order chi connectivity index (χ0) is 25.2. The maximum Gasteiger partial charge on any atom is 0.281 e. The number of carbonyl (C=O) groups excluding carboxylic acids is 1. The Labute approximate surface area is 211 Å². The zero-order valence-electron chi connectivity index (χ0n) is 21.2. The van der Waals surface area contributed by atoms with Crippen molar-refractivity contribution in [2.45, 2.75) is 46.2 Å². The number of aryl methyl sites for hydroxylation is 2. The summed E-state index contributed by atoms with van der Waals surface area (Å²) in [6.45, 7) is 9.36. The lowest BCUT2D eigenvalue weighted by Gasteiger charge is -2.28. The summed E-state index contributed by atoms with van der Waals surface area (Å²) in [4.78, 5) is 28.9. The molecule has 1 amide bonds. The third-order valence-corrected chi connectivity index (χ3v) is 7.38. The van der Waals surface area contributed by atoms with Crippen molar-refractivity contribution in [1.29, 1.82) is 0 Å². The smallest absolute Gasteiger partial charge is 0.281 e. The molecule has 0 bridgehead atoms. The molecule has 7 nitrogen and oxygen atoms in total. The van der Waals surface area contributed by atoms with Gasteiger partial charge in [0.05, 0.1) is 17.3 Å². The van der Waals surface area contributed by atoms with E-state index in [1.165, 1.54) is 15.8 Å². The molecule has 1 atom stereocenters. The lowest BCUT2D eigenvalue weighted by atomic mass is 10.00. The fourth-order valence-electron chi connectivity index (χ4n) is 5.44. The van der Waals surface area contributed by atoms with Crippen molar-refractivity contribution < 1.29 is 4.79 Å². The topological polar surface area (TPSA) is 72.2 Å². The first-order chi connectivity index (χ1) is 17.5. The zero-order valence-corrected chi connectivity index (χ0v) is 21.2. The molecule has 0 saturated carbocycles. The molecule has 4 aromatic rings. The molecule has 7 heteroatoms. The number of carbonyl (C=O) groups is 1. The molecule has 0 saturated heterocycles. The minimum Gasteiger partial charge on any atom is -0.354 e. The van der Waals surface area contributed by atoms with Crippen LogP contribution in [0.15, 0.2) is 65.6 Å². The van der Waals surface area contributed by atoms with Gasteiger partial charge in [0.25, 0.3) is 5.56 Å². The Balaban J connectivity index is 1.25. The summed E-state index contributed by atoms with van der Waals surface area (Å²) >= 11 is 0. The molecule has 5 rings (SSSR count). The van der Waals surface area contributed by atoms with E-state index in [4.69, 9.17) is 0 Å². The summed E-state index contributed by atoms with van der Waals surface area (Å²) in [6, 6.07) is 17.6. The van der Waals surface area contributed by atoms with Gasteiger partial charge in [-0.25, -0.2) is 0 Å². The molecule has 36 heavy (non-hydrogen) atoms. The second-order valence-electron chi connectivity index (χ2n) is 9.64. The molecular formula is C29H33N5O2. The number of rotatable bonds is 7. The van der Waals surface area contributed by atoms with Crippen molar-refractivity contribution >= 4 is 16.7 Å². The van der Waals surface area contributed by atoms with Crippen molar-refractivity contribution in [3.05, 3.63) is 93.7 Å². The number of aromatic nitrogens is 3. The van der Waals surface area contributed by atoms with Crippen molar-refractivity contribution in [2.75, 3.05) is 19.6 Å². The summed E-state index contributed by atoms with van der Waals surface area (Å²) in [5, 5.41) is 8.90. The molecular weight excluding hydrogens is 450 g/mol. The van der Waals surface area contributed by atoms with Crippen molar-refractivity contribution in [3.8, 4) is 5.69 Å². The molecule has 1 aliphatic rings. The van der Waals surface area contributed by atoms with Crippen molar-refractivity contribution in [3.63, 3.8) is 0 Å². The van der Waals surface area contributed by atoms with Gasteiger partial charge >= 0.3 is 0 Å². The quantitative estimate of drug-likeness (QED) is 0.405. The highest BCUT2D eigenvalue weighted by molar-refractivity contribution is 5.89. The largest absolute Gasteiger partial charge is 0.354 e. The molecule has 0 fully saturated rings. The number of para-hydroxylation sites is 1. The minimum atomic E-state index is -0.427. The van der Waals surface area contributed by atoms with E-state index in [9.17, 15) is 9.59 Å². The summed E-state index contributed by atoms with van der Waals surface area (Å²) in [5.74, 6) is -0.0400. The molecule has 2 aromatic carbocycles. The van der Waals surface area contributed by atoms with E-state index < -0.39 is 6.04 Å². The number of hydrogen-bond donors (Lipinski definition) is 1. The highest BCUT2D eigenvalue weighted by Gasteiger charge is 2.23. The van der Waals surface area contributed by atoms with Crippen molar-refractivity contribution in [1.82, 2.24) is 24.6 Å². The van der Waals surface area contributed by atoms with Gasteiger partial charge < -0.3 is 9.88 Å². The van der Waals surface area contributed by atoms with Gasteiger partial charge in [-0.15, -0.1) is 0 Å². The third kappa shape index (κ3) is 4.46. The van der Waals surface area contributed by atoms with Crippen LogP contribution in [0.25, 0.3) is 16.5 Å². The molecule has 1 N–H and O–H groups in total. The average molecular weight is 484 g/mol. The van der Waals surface area contributed by atoms with Crippen LogP contribution in [0.3, 0.4) is 0 Å². The molecule has 0 aliphatic carbocycles. The van der Waals surface area contributed by atoms with Gasteiger partial charge in [0.15, 0.2) is 0 Å². The Morgan fingerprint density at radius 2 is 1.75 bits per heavy atom. The van der Waals surface area contributed by atoms with E-state index in [1.807, 2.05) is 55.7 Å². The van der Waals surface area contributed by atoms with Crippen LogP contribution in [-0.4, -0.2) is 44.8 Å². The van der Waals surface area contributed by atoms with Crippen LogP contribution in [0.2, 0.25) is 0 Å². The first-order valence-electron chi connectivity index (χ1n) is 12.7. The molecule has 3 heterocycles. The van der Waals surface area contributed by atoms with E-state index in [1.54, 1.807) is 6.20 Å². The fourth-order valence-corrected chi connectivity index (χ4v) is 5.44. The van der Waals surface area contributed by atoms with E-state index in [-0.39, 0.29) is 11.5 Å². The number of amides is 1. The Hall–Kier alpha value is -3.71. The highest BCUT2D eigenvalue weighted by atomic mass is 16.2. The summed E-state index contributed by atoms with van der Waals surface area (Å²) < 4.78 is 3.38. The molecule has 1 unspecified atom stereocenters. The van der Waals surface area contributed by atoms with Gasteiger partial charge in [-0.1, -0.05) is 42.5 Å². The number of nitrogens with zero attached hydrogens (tertiary/aromatic N) is 4. The second-order valence-corrected chi connectivity index (χ2v) is 9.64. The Morgan fingerprint density at radius 1 is 1.03 bits per heavy atom. The number of benzene rings is 2. The minimum absolute atomic E-state index is 0.0400. The van der Waals surface area contributed by atoms with Crippen LogP contribution in [0, 0.1) is 13.8 Å². The van der Waals surface area contributed by atoms with Crippen LogP contribution in [-0.2, 0) is 17.8 Å². The van der Waals surface area contributed by atoms with Gasteiger partial charge in [0.2, 0.25) is 5.91 Å². The Kier molecular flexibility index (Phi) is 6.74. The lowest BCUT2D eigenvalue weighted by molar-refractivity contribution is -0.123. The van der Waals surface area contributed by atoms with Crippen LogP contribution >= 0.6 is 0 Å². The SMILES string of the molecule is Cc1c2cnn(-c3ccccc3)c(=O)c2c(C)n1C(C)C(=O)NCCCN1CCc2ccccc2C1.